The van der Waals surface area contributed by atoms with Gasteiger partial charge in [-0.15, -0.1) is 0 Å². The van der Waals surface area contributed by atoms with Crippen LogP contribution in [-0.4, -0.2) is 27.4 Å². The molecule has 1 aliphatic heterocycles. The molecule has 1 fully saturated rings. The first-order valence-electron chi connectivity index (χ1n) is 8.69. The number of amides is 1. The van der Waals surface area contributed by atoms with Crippen molar-refractivity contribution >= 4 is 5.91 Å². The molecule has 0 aromatic carbocycles. The second kappa shape index (κ2) is 7.53. The van der Waals surface area contributed by atoms with Gasteiger partial charge >= 0.3 is 0 Å². The summed E-state index contributed by atoms with van der Waals surface area (Å²) in [6.07, 6.45) is 4.92. The van der Waals surface area contributed by atoms with Crippen molar-refractivity contribution in [1.82, 2.24) is 9.88 Å². The van der Waals surface area contributed by atoms with E-state index in [0.717, 1.165) is 0 Å². The van der Waals surface area contributed by atoms with Crippen molar-refractivity contribution in [2.24, 2.45) is 11.3 Å². The molecule has 6 nitrogen and oxygen atoms in total. The van der Waals surface area contributed by atoms with Crippen LogP contribution in [0.5, 0.6) is 5.75 Å². The van der Waals surface area contributed by atoms with Crippen LogP contribution in [0.25, 0.3) is 0 Å². The zero-order chi connectivity index (χ0) is 18.6. The van der Waals surface area contributed by atoms with E-state index in [1.165, 1.54) is 12.4 Å². The van der Waals surface area contributed by atoms with Crippen LogP contribution in [0, 0.1) is 34.0 Å². The Morgan fingerprint density at radius 3 is 2.64 bits per heavy atom. The third-order valence-corrected chi connectivity index (χ3v) is 5.42. The highest BCUT2D eigenvalue weighted by molar-refractivity contribution is 5.84. The van der Waals surface area contributed by atoms with Gasteiger partial charge in [0.2, 0.25) is 5.91 Å². The van der Waals surface area contributed by atoms with E-state index in [-0.39, 0.29) is 35.6 Å². The summed E-state index contributed by atoms with van der Waals surface area (Å²) in [7, 11) is 0. The van der Waals surface area contributed by atoms with Crippen LogP contribution in [-0.2, 0) is 4.79 Å². The van der Waals surface area contributed by atoms with Crippen molar-refractivity contribution in [3.63, 3.8) is 0 Å². The number of carbonyl (C=O) groups is 1. The van der Waals surface area contributed by atoms with Gasteiger partial charge in [-0.25, -0.2) is 0 Å². The third kappa shape index (κ3) is 3.30. The van der Waals surface area contributed by atoms with E-state index in [0.29, 0.717) is 31.4 Å². The van der Waals surface area contributed by atoms with E-state index >= 15 is 0 Å². The summed E-state index contributed by atoms with van der Waals surface area (Å²) in [6.45, 7) is 6.50. The van der Waals surface area contributed by atoms with Gasteiger partial charge in [-0.05, 0) is 25.2 Å². The number of nitriles is 2. The zero-order valence-electron chi connectivity index (χ0n) is 15.0. The Bertz CT molecular complexity index is 728. The van der Waals surface area contributed by atoms with E-state index in [9.17, 15) is 15.2 Å². The lowest BCUT2D eigenvalue weighted by molar-refractivity contribution is -0.143. The van der Waals surface area contributed by atoms with Crippen molar-refractivity contribution in [3.05, 3.63) is 23.5 Å². The molecule has 0 spiro atoms. The Balaban J connectivity index is 2.45. The number of pyridine rings is 1. The Morgan fingerprint density at radius 1 is 1.40 bits per heavy atom. The molecule has 0 saturated carbocycles. The molecule has 1 aromatic heterocycles. The molecule has 2 atom stereocenters. The predicted octanol–water partition coefficient (Wildman–Crippen LogP) is 3.29. The Hall–Kier alpha value is -2.60. The van der Waals surface area contributed by atoms with Gasteiger partial charge in [0, 0.05) is 30.9 Å². The fourth-order valence-electron chi connectivity index (χ4n) is 3.69. The zero-order valence-corrected chi connectivity index (χ0v) is 15.0. The van der Waals surface area contributed by atoms with Crippen LogP contribution < -0.4 is 0 Å². The summed E-state index contributed by atoms with van der Waals surface area (Å²) in [4.78, 5) is 19.1. The number of rotatable bonds is 5. The molecule has 1 aromatic rings. The summed E-state index contributed by atoms with van der Waals surface area (Å²) >= 11 is 0. The largest absolute Gasteiger partial charge is 0.506 e. The third-order valence-electron chi connectivity index (χ3n) is 5.42. The smallest absolute Gasteiger partial charge is 0.230 e. The average Bonchev–Trinajstić information content (AvgIpc) is 3.00. The first-order chi connectivity index (χ1) is 11.9. The molecule has 0 unspecified atom stereocenters. The Labute approximate surface area is 148 Å². The van der Waals surface area contributed by atoms with Gasteiger partial charge in [0.1, 0.15) is 17.4 Å². The molecule has 1 aliphatic rings. The van der Waals surface area contributed by atoms with Gasteiger partial charge in [0.15, 0.2) is 0 Å². The molecular formula is C19H24N4O2. The van der Waals surface area contributed by atoms with Crippen molar-refractivity contribution in [2.75, 3.05) is 6.54 Å². The minimum Gasteiger partial charge on any atom is -0.506 e. The highest BCUT2D eigenvalue weighted by Crippen LogP contribution is 2.43. The highest BCUT2D eigenvalue weighted by atomic mass is 16.3. The van der Waals surface area contributed by atoms with E-state index < -0.39 is 5.41 Å². The topological polar surface area (TPSA) is 101 Å². The first-order valence-corrected chi connectivity index (χ1v) is 8.69. The SMILES string of the molecule is CCC(CC)(CC#N)C(=O)N1C[C@H](C)C[C@H]1c1cncc(C#N)c1O. The minimum atomic E-state index is -0.701. The second-order valence-corrected chi connectivity index (χ2v) is 6.87. The lowest BCUT2D eigenvalue weighted by Gasteiger charge is -2.36. The minimum absolute atomic E-state index is 0.0461. The lowest BCUT2D eigenvalue weighted by atomic mass is 9.78. The molecule has 132 valence electrons. The molecule has 6 heteroatoms. The molecule has 25 heavy (non-hydrogen) atoms. The van der Waals surface area contributed by atoms with Crippen LogP contribution in [0.2, 0.25) is 0 Å². The van der Waals surface area contributed by atoms with Crippen molar-refractivity contribution in [3.8, 4) is 17.9 Å². The molecule has 0 aliphatic carbocycles. The van der Waals surface area contributed by atoms with Gasteiger partial charge in [0.05, 0.1) is 17.5 Å². The molecule has 2 heterocycles. The number of hydrogen-bond donors (Lipinski definition) is 1. The second-order valence-electron chi connectivity index (χ2n) is 6.87. The number of carbonyl (C=O) groups excluding carboxylic acids is 1. The van der Waals surface area contributed by atoms with Gasteiger partial charge in [-0.1, -0.05) is 20.8 Å². The van der Waals surface area contributed by atoms with Gasteiger partial charge in [-0.3, -0.25) is 9.78 Å². The van der Waals surface area contributed by atoms with Crippen LogP contribution in [0.3, 0.4) is 0 Å². The van der Waals surface area contributed by atoms with Crippen LogP contribution in [0.1, 0.15) is 63.6 Å². The standard InChI is InChI=1S/C19H24N4O2/c1-4-19(5-2,6-7-20)18(25)23-12-13(3)8-16(23)15-11-22-10-14(9-21)17(15)24/h10-11,13,16H,4-6,8,12H2,1-3H3,(H,22,24)/t13-,16+/m1/s1. The molecule has 0 radical (unpaired) electrons. The summed E-state index contributed by atoms with van der Waals surface area (Å²) in [5.41, 5.74) is -0.0824. The molecule has 1 N–H and O–H groups in total. The Kier molecular flexibility index (Phi) is 5.64. The summed E-state index contributed by atoms with van der Waals surface area (Å²) in [6, 6.07) is 3.77. The van der Waals surface area contributed by atoms with Gasteiger partial charge in [-0.2, -0.15) is 10.5 Å². The van der Waals surface area contributed by atoms with E-state index in [4.69, 9.17) is 5.26 Å². The monoisotopic (exact) mass is 340 g/mol. The average molecular weight is 340 g/mol. The summed E-state index contributed by atoms with van der Waals surface area (Å²) < 4.78 is 0. The van der Waals surface area contributed by atoms with E-state index in [1.54, 1.807) is 4.90 Å². The van der Waals surface area contributed by atoms with Crippen LogP contribution in [0.4, 0.5) is 0 Å². The summed E-state index contributed by atoms with van der Waals surface area (Å²) in [5.74, 6) is 0.121. The number of aromatic hydroxyl groups is 1. The molecule has 0 bridgehead atoms. The highest BCUT2D eigenvalue weighted by Gasteiger charge is 2.44. The van der Waals surface area contributed by atoms with E-state index in [1.807, 2.05) is 19.9 Å². The van der Waals surface area contributed by atoms with Crippen LogP contribution >= 0.6 is 0 Å². The van der Waals surface area contributed by atoms with Crippen molar-refractivity contribution < 1.29 is 9.90 Å². The van der Waals surface area contributed by atoms with Gasteiger partial charge < -0.3 is 10.0 Å². The van der Waals surface area contributed by atoms with E-state index in [2.05, 4.69) is 18.0 Å². The molecular weight excluding hydrogens is 316 g/mol. The first kappa shape index (κ1) is 18.7. The fraction of sp³-hybridized carbons (Fsp3) is 0.579. The van der Waals surface area contributed by atoms with Crippen molar-refractivity contribution in [1.29, 1.82) is 10.5 Å². The molecule has 2 rings (SSSR count). The lowest BCUT2D eigenvalue weighted by Crippen LogP contribution is -2.43. The quantitative estimate of drug-likeness (QED) is 0.886. The predicted molar refractivity (Wildman–Crippen MR) is 92.1 cm³/mol. The number of hydrogen-bond acceptors (Lipinski definition) is 5. The maximum atomic E-state index is 13.3. The number of nitrogens with zero attached hydrogens (tertiary/aromatic N) is 4. The maximum absolute atomic E-state index is 13.3. The molecule has 1 amide bonds. The molecule has 1 saturated heterocycles. The number of aromatic nitrogens is 1. The summed E-state index contributed by atoms with van der Waals surface area (Å²) in [5, 5.41) is 28.7. The van der Waals surface area contributed by atoms with Crippen LogP contribution in [0.15, 0.2) is 12.4 Å². The van der Waals surface area contributed by atoms with Crippen molar-refractivity contribution in [2.45, 2.75) is 52.5 Å². The Morgan fingerprint density at radius 2 is 2.08 bits per heavy atom. The van der Waals surface area contributed by atoms with Gasteiger partial charge in [0.25, 0.3) is 0 Å². The number of likely N-dealkylation sites (tertiary alicyclic amines) is 1. The fourth-order valence-corrected chi connectivity index (χ4v) is 3.69. The normalized spacial score (nSPS) is 20.1. The maximum Gasteiger partial charge on any atom is 0.230 e.